The van der Waals surface area contributed by atoms with Crippen LogP contribution in [0, 0.1) is 0 Å². The Morgan fingerprint density at radius 1 is 0.857 bits per heavy atom. The number of hydrogen-bond acceptors (Lipinski definition) is 6. The number of rotatable bonds is 6. The Balaban J connectivity index is 1.61. The number of carbonyl (C=O) groups is 3. The van der Waals surface area contributed by atoms with Gasteiger partial charge in [-0.25, -0.2) is 5.01 Å². The van der Waals surface area contributed by atoms with Crippen molar-refractivity contribution in [3.05, 3.63) is 100 Å². The van der Waals surface area contributed by atoms with Gasteiger partial charge in [-0.1, -0.05) is 61.0 Å². The highest BCUT2D eigenvalue weighted by Gasteiger charge is 2.37. The number of piperidine rings is 1. The molecule has 6 nitrogen and oxygen atoms in total. The van der Waals surface area contributed by atoms with Crippen molar-refractivity contribution in [2.45, 2.75) is 31.7 Å². The SMILES string of the molecule is CN(c1ccc(C(=O)C(N)Cc2ccccc2)c2c1C(=O)c1ccccc1C2=O)N1CCCCC1. The molecule has 0 spiro atoms. The molecule has 1 aliphatic carbocycles. The third-order valence-electron chi connectivity index (χ3n) is 7.06. The number of hydrazine groups is 1. The number of carbonyl (C=O) groups excluding carboxylic acids is 3. The fourth-order valence-corrected chi connectivity index (χ4v) is 5.17. The lowest BCUT2D eigenvalue weighted by atomic mass is 9.79. The lowest BCUT2D eigenvalue weighted by Gasteiger charge is -2.38. The largest absolute Gasteiger partial charge is 0.321 e. The van der Waals surface area contributed by atoms with E-state index in [1.807, 2.05) is 42.4 Å². The molecule has 1 unspecified atom stereocenters. The number of benzene rings is 3. The van der Waals surface area contributed by atoms with Gasteiger partial charge in [0.25, 0.3) is 0 Å². The van der Waals surface area contributed by atoms with Gasteiger partial charge in [-0.2, -0.15) is 0 Å². The van der Waals surface area contributed by atoms with Gasteiger partial charge in [0.05, 0.1) is 17.3 Å². The fraction of sp³-hybridized carbons (Fsp3) is 0.276. The Morgan fingerprint density at radius 3 is 2.11 bits per heavy atom. The van der Waals surface area contributed by atoms with Gasteiger partial charge in [0, 0.05) is 42.4 Å². The average molecular weight is 468 g/mol. The molecule has 0 bridgehead atoms. The summed E-state index contributed by atoms with van der Waals surface area (Å²) in [4.78, 5) is 41.0. The van der Waals surface area contributed by atoms with E-state index in [0.717, 1.165) is 31.5 Å². The Morgan fingerprint density at radius 2 is 1.46 bits per heavy atom. The van der Waals surface area contributed by atoms with Crippen LogP contribution in [0.3, 0.4) is 0 Å². The summed E-state index contributed by atoms with van der Waals surface area (Å²) in [7, 11) is 1.92. The summed E-state index contributed by atoms with van der Waals surface area (Å²) in [6, 6.07) is 19.0. The molecule has 35 heavy (non-hydrogen) atoms. The monoisotopic (exact) mass is 467 g/mol. The van der Waals surface area contributed by atoms with Crippen molar-refractivity contribution in [2.24, 2.45) is 5.73 Å². The van der Waals surface area contributed by atoms with Gasteiger partial charge in [-0.3, -0.25) is 14.4 Å². The molecule has 178 valence electrons. The smallest absolute Gasteiger partial charge is 0.196 e. The van der Waals surface area contributed by atoms with E-state index < -0.39 is 6.04 Å². The van der Waals surface area contributed by atoms with Crippen LogP contribution in [-0.4, -0.2) is 48.5 Å². The molecule has 0 saturated carbocycles. The minimum absolute atomic E-state index is 0.170. The van der Waals surface area contributed by atoms with Crippen molar-refractivity contribution in [3.63, 3.8) is 0 Å². The van der Waals surface area contributed by atoms with Gasteiger partial charge in [-0.05, 0) is 37.0 Å². The molecule has 3 aromatic carbocycles. The minimum Gasteiger partial charge on any atom is -0.321 e. The summed E-state index contributed by atoms with van der Waals surface area (Å²) in [5, 5.41) is 4.16. The van der Waals surface area contributed by atoms with Crippen LogP contribution in [0.1, 0.15) is 67.0 Å². The first-order valence-electron chi connectivity index (χ1n) is 12.1. The van der Waals surface area contributed by atoms with Crippen molar-refractivity contribution in [1.29, 1.82) is 0 Å². The maximum atomic E-state index is 13.8. The summed E-state index contributed by atoms with van der Waals surface area (Å²) < 4.78 is 0. The second-order valence-electron chi connectivity index (χ2n) is 9.28. The third kappa shape index (κ3) is 4.20. The summed E-state index contributed by atoms with van der Waals surface area (Å²) >= 11 is 0. The third-order valence-corrected chi connectivity index (χ3v) is 7.06. The quantitative estimate of drug-likeness (QED) is 0.431. The van der Waals surface area contributed by atoms with Crippen LogP contribution in [0.15, 0.2) is 66.7 Å². The molecular formula is C29H29N3O3. The number of anilines is 1. The second kappa shape index (κ2) is 9.56. The average Bonchev–Trinajstić information content (AvgIpc) is 2.91. The zero-order valence-electron chi connectivity index (χ0n) is 19.9. The number of fused-ring (bicyclic) bond motifs is 2. The van der Waals surface area contributed by atoms with Gasteiger partial charge >= 0.3 is 0 Å². The molecule has 0 radical (unpaired) electrons. The number of hydrogen-bond donors (Lipinski definition) is 1. The van der Waals surface area contributed by atoms with Crippen LogP contribution in [-0.2, 0) is 6.42 Å². The number of Topliss-reactive ketones (excluding diaryl/α,β-unsaturated/α-hetero) is 1. The van der Waals surface area contributed by atoms with Gasteiger partial charge in [0.15, 0.2) is 17.3 Å². The highest BCUT2D eigenvalue weighted by atomic mass is 16.1. The van der Waals surface area contributed by atoms with E-state index >= 15 is 0 Å². The maximum Gasteiger partial charge on any atom is 0.196 e. The van der Waals surface area contributed by atoms with E-state index in [2.05, 4.69) is 5.01 Å². The number of nitrogens with two attached hydrogens (primary N) is 1. The summed E-state index contributed by atoms with van der Waals surface area (Å²) in [5.74, 6) is -0.877. The molecule has 1 atom stereocenters. The summed E-state index contributed by atoms with van der Waals surface area (Å²) in [6.45, 7) is 1.76. The molecule has 1 aliphatic heterocycles. The van der Waals surface area contributed by atoms with Crippen molar-refractivity contribution in [1.82, 2.24) is 5.01 Å². The molecule has 1 heterocycles. The summed E-state index contributed by atoms with van der Waals surface area (Å²) in [6.07, 6.45) is 3.68. The van der Waals surface area contributed by atoms with E-state index in [-0.39, 0.29) is 28.5 Å². The molecular weight excluding hydrogens is 438 g/mol. The van der Waals surface area contributed by atoms with Crippen molar-refractivity contribution in [3.8, 4) is 0 Å². The first-order valence-corrected chi connectivity index (χ1v) is 12.1. The van der Waals surface area contributed by atoms with Gasteiger partial charge in [0.2, 0.25) is 0 Å². The number of nitrogens with zero attached hydrogens (tertiary/aromatic N) is 2. The highest BCUT2D eigenvalue weighted by Crippen LogP contribution is 2.37. The molecule has 3 aromatic rings. The molecule has 6 heteroatoms. The molecule has 1 fully saturated rings. The lowest BCUT2D eigenvalue weighted by molar-refractivity contribution is 0.0943. The van der Waals surface area contributed by atoms with Crippen LogP contribution >= 0.6 is 0 Å². The molecule has 0 aromatic heterocycles. The Labute approximate surface area is 205 Å². The second-order valence-corrected chi connectivity index (χ2v) is 9.28. The van der Waals surface area contributed by atoms with Crippen molar-refractivity contribution in [2.75, 3.05) is 25.1 Å². The van der Waals surface area contributed by atoms with Crippen molar-refractivity contribution >= 4 is 23.0 Å². The van der Waals surface area contributed by atoms with Crippen molar-refractivity contribution < 1.29 is 14.4 Å². The van der Waals surface area contributed by atoms with Crippen LogP contribution in [0.2, 0.25) is 0 Å². The van der Waals surface area contributed by atoms with E-state index in [1.165, 1.54) is 6.42 Å². The predicted octanol–water partition coefficient (Wildman–Crippen LogP) is 4.05. The fourth-order valence-electron chi connectivity index (χ4n) is 5.17. The normalized spacial score (nSPS) is 16.4. The van der Waals surface area contributed by atoms with E-state index in [4.69, 9.17) is 5.73 Å². The zero-order valence-corrected chi connectivity index (χ0v) is 19.9. The Bertz CT molecular complexity index is 1300. The molecule has 0 amide bonds. The highest BCUT2D eigenvalue weighted by molar-refractivity contribution is 6.32. The van der Waals surface area contributed by atoms with E-state index in [0.29, 0.717) is 28.8 Å². The van der Waals surface area contributed by atoms with Gasteiger partial charge < -0.3 is 10.7 Å². The van der Waals surface area contributed by atoms with E-state index in [9.17, 15) is 14.4 Å². The van der Waals surface area contributed by atoms with Gasteiger partial charge in [-0.15, -0.1) is 0 Å². The lowest BCUT2D eigenvalue weighted by Crippen LogP contribution is -2.44. The summed E-state index contributed by atoms with van der Waals surface area (Å²) in [5.41, 5.74) is 9.30. The molecule has 2 aliphatic rings. The topological polar surface area (TPSA) is 83.7 Å². The minimum atomic E-state index is -0.827. The predicted molar refractivity (Wildman–Crippen MR) is 136 cm³/mol. The zero-order chi connectivity index (χ0) is 24.5. The Kier molecular flexibility index (Phi) is 6.32. The number of ketones is 3. The van der Waals surface area contributed by atoms with Crippen LogP contribution in [0.4, 0.5) is 5.69 Å². The van der Waals surface area contributed by atoms with Crippen LogP contribution in [0.5, 0.6) is 0 Å². The maximum absolute atomic E-state index is 13.8. The molecule has 2 N–H and O–H groups in total. The van der Waals surface area contributed by atoms with Crippen LogP contribution < -0.4 is 10.7 Å². The van der Waals surface area contributed by atoms with Gasteiger partial charge in [0.1, 0.15) is 0 Å². The molecule has 1 saturated heterocycles. The standard InChI is InChI=1S/C29H29N3O3/c1-31(32-16-8-3-9-17-32)24-15-14-22(27(33)23(30)18-19-10-4-2-5-11-19)25-26(24)29(35)21-13-7-6-12-20(21)28(25)34/h2,4-7,10-15,23H,3,8-9,16-18,30H2,1H3. The van der Waals surface area contributed by atoms with E-state index in [1.54, 1.807) is 36.4 Å². The molecule has 5 rings (SSSR count). The Hall–Kier alpha value is -3.61. The first kappa shape index (κ1) is 23.1. The van der Waals surface area contributed by atoms with Crippen LogP contribution in [0.25, 0.3) is 0 Å². The first-order chi connectivity index (χ1) is 17.0.